The molecule has 5 N–H and O–H groups in total. The van der Waals surface area contributed by atoms with Crippen LogP contribution in [-0.2, 0) is 54.3 Å². The number of amides is 5. The first kappa shape index (κ1) is 57.6. The van der Waals surface area contributed by atoms with Gasteiger partial charge in [-0.3, -0.25) is 28.9 Å². The number of nitrogens with one attached hydrogen (secondary N) is 5. The maximum Gasteiger partial charge on any atom is 0.410 e. The van der Waals surface area contributed by atoms with E-state index in [2.05, 4.69) is 26.6 Å². The van der Waals surface area contributed by atoms with Crippen LogP contribution in [0.2, 0.25) is 0 Å². The standard InChI is InChI=1S/C51H74N8O13/c1-33(2)43(45(64)58-26-35(23-38(60)30-58)55-42(46(65)69-9)20-14-16-22-53-48(67)72-51(6,7)8)56-37-25-39(61)29-57(27-37)44(63)41(19-13-15-21-52-47(66)71-50(3,4)5)54-36-24-40(62)31-59(28-36)49(68)70-32-34-17-11-10-12-18-34/h10-12,17-18,23-25,33,41-43,54-56H,13-16,19-22,26-32H2,1-9H3,(H,52,66)(H,53,67)/t41-,42-,43-/m0/s1. The molecule has 0 fully saturated rings. The van der Waals surface area contributed by atoms with Crippen LogP contribution in [0.1, 0.15) is 99.5 Å². The first-order chi connectivity index (χ1) is 33.9. The number of esters is 1. The quantitative estimate of drug-likeness (QED) is 0.0629. The van der Waals surface area contributed by atoms with Crippen LogP contribution in [0.5, 0.6) is 0 Å². The molecule has 21 nitrogen and oxygen atoms in total. The molecule has 1 aromatic carbocycles. The van der Waals surface area contributed by atoms with Crippen molar-refractivity contribution in [1.82, 2.24) is 41.3 Å². The highest BCUT2D eigenvalue weighted by Gasteiger charge is 2.36. The van der Waals surface area contributed by atoms with Gasteiger partial charge in [0.1, 0.15) is 35.9 Å². The van der Waals surface area contributed by atoms with Crippen LogP contribution < -0.4 is 26.6 Å². The van der Waals surface area contributed by atoms with E-state index >= 15 is 0 Å². The molecule has 72 heavy (non-hydrogen) atoms. The molecule has 0 saturated carbocycles. The summed E-state index contributed by atoms with van der Waals surface area (Å²) >= 11 is 0. The number of carbonyl (C=O) groups is 9. The molecule has 0 bridgehead atoms. The fraction of sp³-hybridized carbons (Fsp3) is 0.588. The minimum atomic E-state index is -0.986. The van der Waals surface area contributed by atoms with Crippen LogP contribution in [0.3, 0.4) is 0 Å². The number of alkyl carbamates (subject to hydrolysis) is 2. The monoisotopic (exact) mass is 1010 g/mol. The molecule has 1 aromatic rings. The van der Waals surface area contributed by atoms with Gasteiger partial charge in [-0.2, -0.15) is 0 Å². The van der Waals surface area contributed by atoms with E-state index in [0.29, 0.717) is 50.0 Å². The van der Waals surface area contributed by atoms with Crippen molar-refractivity contribution in [2.24, 2.45) is 5.92 Å². The Morgan fingerprint density at radius 2 is 1.03 bits per heavy atom. The van der Waals surface area contributed by atoms with E-state index in [-0.39, 0.29) is 76.2 Å². The SMILES string of the molecule is COC(=O)[C@H](CCCCNC(=O)OC(C)(C)C)NC1=CC(=O)CN(C(=O)[C@@H](NC2=CC(=O)CN(C(=O)[C@H](CCCCNC(=O)OC(C)(C)C)NC3=CC(=O)CN(C(=O)OCc4ccccc4)C3)C2)C(C)C)C1. The number of benzene rings is 1. The van der Waals surface area contributed by atoms with Gasteiger partial charge in [0, 0.05) is 48.4 Å². The molecule has 0 radical (unpaired) electrons. The molecule has 3 atom stereocenters. The highest BCUT2D eigenvalue weighted by molar-refractivity contribution is 5.99. The van der Waals surface area contributed by atoms with Crippen molar-refractivity contribution < 1.29 is 62.1 Å². The van der Waals surface area contributed by atoms with Gasteiger partial charge in [-0.25, -0.2) is 19.2 Å². The Bertz CT molecular complexity index is 2210. The lowest BCUT2D eigenvalue weighted by atomic mass is 10.00. The Hall–Kier alpha value is -6.93. The highest BCUT2D eigenvalue weighted by Crippen LogP contribution is 2.19. The van der Waals surface area contributed by atoms with Crippen molar-refractivity contribution >= 4 is 53.4 Å². The predicted molar refractivity (Wildman–Crippen MR) is 264 cm³/mol. The van der Waals surface area contributed by atoms with E-state index in [9.17, 15) is 43.2 Å². The van der Waals surface area contributed by atoms with Gasteiger partial charge >= 0.3 is 24.2 Å². The van der Waals surface area contributed by atoms with Gasteiger partial charge in [-0.05, 0) is 91.5 Å². The molecule has 0 unspecified atom stereocenters. The number of ketones is 3. The molecule has 0 saturated heterocycles. The number of rotatable bonds is 22. The average molecular weight is 1010 g/mol. The summed E-state index contributed by atoms with van der Waals surface area (Å²) in [6.07, 6.45) is 4.59. The summed E-state index contributed by atoms with van der Waals surface area (Å²) in [4.78, 5) is 122. The first-order valence-electron chi connectivity index (χ1n) is 24.4. The van der Waals surface area contributed by atoms with Crippen molar-refractivity contribution in [3.05, 3.63) is 71.2 Å². The molecule has 3 aliphatic heterocycles. The topological polar surface area (TPSA) is 260 Å². The number of unbranched alkanes of at least 4 members (excludes halogenated alkanes) is 2. The van der Waals surface area contributed by atoms with Gasteiger partial charge in [-0.1, -0.05) is 44.2 Å². The lowest BCUT2D eigenvalue weighted by molar-refractivity contribution is -0.143. The van der Waals surface area contributed by atoms with Crippen LogP contribution in [0.15, 0.2) is 65.7 Å². The average Bonchev–Trinajstić information content (AvgIpc) is 3.29. The summed E-state index contributed by atoms with van der Waals surface area (Å²) in [5.41, 5.74) is 0.335. The lowest BCUT2D eigenvalue weighted by Crippen LogP contribution is -2.56. The lowest BCUT2D eigenvalue weighted by Gasteiger charge is -2.36. The van der Waals surface area contributed by atoms with Crippen LogP contribution in [0.4, 0.5) is 14.4 Å². The zero-order chi connectivity index (χ0) is 53.2. The summed E-state index contributed by atoms with van der Waals surface area (Å²) in [5.74, 6) is -3.05. The molecule has 5 amide bonds. The van der Waals surface area contributed by atoms with E-state index in [1.807, 2.05) is 18.2 Å². The third kappa shape index (κ3) is 20.1. The van der Waals surface area contributed by atoms with E-state index < -0.39 is 77.0 Å². The van der Waals surface area contributed by atoms with Crippen LogP contribution >= 0.6 is 0 Å². The first-order valence-corrected chi connectivity index (χ1v) is 24.4. The normalized spacial score (nSPS) is 16.6. The highest BCUT2D eigenvalue weighted by atomic mass is 16.6. The summed E-state index contributed by atoms with van der Waals surface area (Å²) in [7, 11) is 1.25. The van der Waals surface area contributed by atoms with E-state index in [1.54, 1.807) is 67.5 Å². The number of hydrogen-bond donors (Lipinski definition) is 5. The van der Waals surface area contributed by atoms with Crippen LogP contribution in [0, 0.1) is 5.92 Å². The summed E-state index contributed by atoms with van der Waals surface area (Å²) in [6.45, 7) is 13.8. The number of nitrogens with zero attached hydrogens (tertiary/aromatic N) is 3. The second-order valence-corrected chi connectivity index (χ2v) is 20.3. The van der Waals surface area contributed by atoms with Crippen molar-refractivity contribution in [3.63, 3.8) is 0 Å². The molecule has 3 heterocycles. The van der Waals surface area contributed by atoms with Crippen molar-refractivity contribution in [2.45, 2.75) is 130 Å². The van der Waals surface area contributed by atoms with Gasteiger partial charge in [0.05, 0.1) is 46.4 Å². The summed E-state index contributed by atoms with van der Waals surface area (Å²) < 4.78 is 21.1. The Morgan fingerprint density at radius 3 is 1.51 bits per heavy atom. The molecular weight excluding hydrogens is 933 g/mol. The molecule has 0 spiro atoms. The van der Waals surface area contributed by atoms with Crippen molar-refractivity contribution in [1.29, 1.82) is 0 Å². The van der Waals surface area contributed by atoms with Gasteiger partial charge in [0.2, 0.25) is 11.8 Å². The number of ether oxygens (including phenoxy) is 4. The molecule has 3 aliphatic rings. The van der Waals surface area contributed by atoms with Crippen LogP contribution in [0.25, 0.3) is 0 Å². The van der Waals surface area contributed by atoms with Gasteiger partial charge in [0.25, 0.3) is 0 Å². The second-order valence-electron chi connectivity index (χ2n) is 20.3. The predicted octanol–water partition coefficient (Wildman–Crippen LogP) is 3.78. The molecule has 21 heteroatoms. The number of hydrogen-bond acceptors (Lipinski definition) is 16. The molecular formula is C51H74N8O13. The maximum absolute atomic E-state index is 14.5. The Balaban J connectivity index is 1.43. The fourth-order valence-electron chi connectivity index (χ4n) is 7.90. The van der Waals surface area contributed by atoms with E-state index in [4.69, 9.17) is 18.9 Å². The molecule has 0 aromatic heterocycles. The summed E-state index contributed by atoms with van der Waals surface area (Å²) in [6, 6.07) is 6.29. The summed E-state index contributed by atoms with van der Waals surface area (Å²) in [5, 5.41) is 14.8. The van der Waals surface area contributed by atoms with Gasteiger partial charge in [-0.15, -0.1) is 0 Å². The zero-order valence-corrected chi connectivity index (χ0v) is 43.2. The molecule has 0 aliphatic carbocycles. The third-order valence-electron chi connectivity index (χ3n) is 11.2. The van der Waals surface area contributed by atoms with Crippen molar-refractivity contribution in [3.8, 4) is 0 Å². The minimum Gasteiger partial charge on any atom is -0.467 e. The van der Waals surface area contributed by atoms with Gasteiger partial charge in [0.15, 0.2) is 17.3 Å². The van der Waals surface area contributed by atoms with E-state index in [0.717, 1.165) is 5.56 Å². The third-order valence-corrected chi connectivity index (χ3v) is 11.2. The zero-order valence-electron chi connectivity index (χ0n) is 43.2. The van der Waals surface area contributed by atoms with Crippen LogP contribution in [-0.4, -0.2) is 157 Å². The smallest absolute Gasteiger partial charge is 0.410 e. The molecule has 4 rings (SSSR count). The fourth-order valence-corrected chi connectivity index (χ4v) is 7.90. The van der Waals surface area contributed by atoms with E-state index in [1.165, 1.54) is 40.0 Å². The largest absolute Gasteiger partial charge is 0.467 e. The molecule has 396 valence electrons. The minimum absolute atomic E-state index is 0.00533. The Kier molecular flexibility index (Phi) is 21.7. The second kappa shape index (κ2) is 27.0. The maximum atomic E-state index is 14.5. The number of methoxy groups -OCH3 is 1. The van der Waals surface area contributed by atoms with Gasteiger partial charge < -0.3 is 55.3 Å². The number of carbonyl (C=O) groups excluding carboxylic acids is 9. The van der Waals surface area contributed by atoms with Crippen molar-refractivity contribution in [2.75, 3.05) is 59.5 Å². The Labute approximate surface area is 422 Å². The Morgan fingerprint density at radius 1 is 0.583 bits per heavy atom.